The van der Waals surface area contributed by atoms with Gasteiger partial charge in [-0.3, -0.25) is 0 Å². The second-order valence-electron chi connectivity index (χ2n) is 2.85. The van der Waals surface area contributed by atoms with Crippen molar-refractivity contribution in [2.24, 2.45) is 0 Å². The Morgan fingerprint density at radius 2 is 2.33 bits per heavy atom. The van der Waals surface area contributed by atoms with Gasteiger partial charge in [-0.25, -0.2) is 8.42 Å². The van der Waals surface area contributed by atoms with Crippen LogP contribution in [-0.2, 0) is 14.6 Å². The Morgan fingerprint density at radius 3 is 2.83 bits per heavy atom. The van der Waals surface area contributed by atoms with Crippen LogP contribution in [0, 0.1) is 0 Å². The van der Waals surface area contributed by atoms with Crippen LogP contribution < -0.4 is 0 Å². The summed E-state index contributed by atoms with van der Waals surface area (Å²) >= 11 is 0. The highest BCUT2D eigenvalue weighted by molar-refractivity contribution is 7.92. The lowest BCUT2D eigenvalue weighted by Gasteiger charge is -2.08. The zero-order valence-corrected chi connectivity index (χ0v) is 8.01. The van der Waals surface area contributed by atoms with E-state index in [2.05, 4.69) is 0 Å². The van der Waals surface area contributed by atoms with Crippen LogP contribution in [0.2, 0.25) is 0 Å². The minimum atomic E-state index is -3.00. The summed E-state index contributed by atoms with van der Waals surface area (Å²) in [6.45, 7) is 2.58. The van der Waals surface area contributed by atoms with Crippen molar-refractivity contribution >= 4 is 9.84 Å². The van der Waals surface area contributed by atoms with Crippen LogP contribution in [0.3, 0.4) is 0 Å². The van der Waals surface area contributed by atoms with Gasteiger partial charge in [-0.15, -0.1) is 0 Å². The standard InChI is InChI=1S/C8H14O3S/c1-2-3-6-11-8-5-4-7-12(8,9)10/h4-5,8H,2-3,6-7H2,1H3. The average molecular weight is 190 g/mol. The summed E-state index contributed by atoms with van der Waals surface area (Å²) < 4.78 is 27.5. The van der Waals surface area contributed by atoms with Gasteiger partial charge in [-0.05, 0) is 12.5 Å². The van der Waals surface area contributed by atoms with Crippen molar-refractivity contribution in [1.29, 1.82) is 0 Å². The molecule has 0 N–H and O–H groups in total. The van der Waals surface area contributed by atoms with E-state index in [9.17, 15) is 8.42 Å². The summed E-state index contributed by atoms with van der Waals surface area (Å²) in [5, 5.41) is 0. The van der Waals surface area contributed by atoms with Crippen LogP contribution in [0.25, 0.3) is 0 Å². The number of rotatable bonds is 4. The van der Waals surface area contributed by atoms with E-state index >= 15 is 0 Å². The Bertz CT molecular complexity index is 253. The Balaban J connectivity index is 2.37. The lowest BCUT2D eigenvalue weighted by molar-refractivity contribution is 0.132. The van der Waals surface area contributed by atoms with Crippen LogP contribution in [0.4, 0.5) is 0 Å². The summed E-state index contributed by atoms with van der Waals surface area (Å²) in [4.78, 5) is 0. The van der Waals surface area contributed by atoms with E-state index in [-0.39, 0.29) is 5.75 Å². The molecule has 3 nitrogen and oxygen atoms in total. The third-order valence-corrected chi connectivity index (χ3v) is 3.41. The van der Waals surface area contributed by atoms with Gasteiger partial charge in [0.05, 0.1) is 5.75 Å². The highest BCUT2D eigenvalue weighted by Gasteiger charge is 2.26. The normalized spacial score (nSPS) is 26.2. The number of ether oxygens (including phenoxy) is 1. The molecule has 0 spiro atoms. The third kappa shape index (κ3) is 2.32. The Hall–Kier alpha value is -0.350. The van der Waals surface area contributed by atoms with E-state index in [0.29, 0.717) is 6.61 Å². The van der Waals surface area contributed by atoms with Crippen molar-refractivity contribution in [3.05, 3.63) is 12.2 Å². The van der Waals surface area contributed by atoms with E-state index in [4.69, 9.17) is 4.74 Å². The largest absolute Gasteiger partial charge is 0.358 e. The molecule has 1 rings (SSSR count). The van der Waals surface area contributed by atoms with Crippen molar-refractivity contribution in [1.82, 2.24) is 0 Å². The first-order valence-corrected chi connectivity index (χ1v) is 5.88. The van der Waals surface area contributed by atoms with Gasteiger partial charge in [0.15, 0.2) is 15.3 Å². The summed E-state index contributed by atoms with van der Waals surface area (Å²) in [5.74, 6) is 0.129. The van der Waals surface area contributed by atoms with Crippen molar-refractivity contribution in [3.63, 3.8) is 0 Å². The molecular formula is C8H14O3S. The molecule has 0 fully saturated rings. The molecule has 0 bridgehead atoms. The van der Waals surface area contributed by atoms with Gasteiger partial charge in [0.1, 0.15) is 0 Å². The lowest BCUT2D eigenvalue weighted by Crippen LogP contribution is -2.20. The quantitative estimate of drug-likeness (QED) is 0.492. The van der Waals surface area contributed by atoms with Crippen molar-refractivity contribution < 1.29 is 13.2 Å². The van der Waals surface area contributed by atoms with Gasteiger partial charge in [-0.1, -0.05) is 19.4 Å². The van der Waals surface area contributed by atoms with Crippen LogP contribution in [0.5, 0.6) is 0 Å². The number of unbranched alkanes of at least 4 members (excludes halogenated alkanes) is 1. The molecule has 0 saturated heterocycles. The molecule has 0 saturated carbocycles. The second-order valence-corrected chi connectivity index (χ2v) is 4.97. The highest BCUT2D eigenvalue weighted by atomic mass is 32.2. The molecule has 0 amide bonds. The SMILES string of the molecule is CCCCOC1C=CCS1(=O)=O. The maximum atomic E-state index is 11.2. The molecule has 4 heteroatoms. The predicted molar refractivity (Wildman–Crippen MR) is 47.6 cm³/mol. The van der Waals surface area contributed by atoms with E-state index in [1.807, 2.05) is 6.92 Å². The highest BCUT2D eigenvalue weighted by Crippen LogP contribution is 2.13. The molecule has 1 unspecified atom stereocenters. The molecule has 0 aliphatic carbocycles. The molecule has 12 heavy (non-hydrogen) atoms. The first-order valence-electron chi connectivity index (χ1n) is 4.16. The first kappa shape index (κ1) is 9.74. The number of hydrogen-bond acceptors (Lipinski definition) is 3. The molecule has 0 aromatic carbocycles. The fourth-order valence-electron chi connectivity index (χ4n) is 1.02. The lowest BCUT2D eigenvalue weighted by atomic mass is 10.4. The summed E-state index contributed by atoms with van der Waals surface area (Å²) in [6, 6.07) is 0. The van der Waals surface area contributed by atoms with Gasteiger partial charge in [0.25, 0.3) is 0 Å². The van der Waals surface area contributed by atoms with Gasteiger partial charge in [0.2, 0.25) is 0 Å². The minimum absolute atomic E-state index is 0.129. The van der Waals surface area contributed by atoms with Crippen molar-refractivity contribution in [2.75, 3.05) is 12.4 Å². The van der Waals surface area contributed by atoms with Crippen LogP contribution >= 0.6 is 0 Å². The molecular weight excluding hydrogens is 176 g/mol. The van der Waals surface area contributed by atoms with Crippen LogP contribution in [0.1, 0.15) is 19.8 Å². The van der Waals surface area contributed by atoms with Crippen LogP contribution in [0.15, 0.2) is 12.2 Å². The molecule has 0 aromatic rings. The maximum Gasteiger partial charge on any atom is 0.184 e. The fraction of sp³-hybridized carbons (Fsp3) is 0.750. The zero-order chi connectivity index (χ0) is 9.03. The minimum Gasteiger partial charge on any atom is -0.358 e. The number of hydrogen-bond donors (Lipinski definition) is 0. The van der Waals surface area contributed by atoms with E-state index in [1.165, 1.54) is 0 Å². The molecule has 70 valence electrons. The van der Waals surface area contributed by atoms with E-state index in [0.717, 1.165) is 12.8 Å². The Morgan fingerprint density at radius 1 is 1.58 bits per heavy atom. The molecule has 0 aromatic heterocycles. The second kappa shape index (κ2) is 4.05. The fourth-order valence-corrected chi connectivity index (χ4v) is 2.24. The summed E-state index contributed by atoms with van der Waals surface area (Å²) in [6.07, 6.45) is 5.20. The van der Waals surface area contributed by atoms with Gasteiger partial charge >= 0.3 is 0 Å². The van der Waals surface area contributed by atoms with Crippen molar-refractivity contribution in [2.45, 2.75) is 25.2 Å². The Labute approximate surface area is 73.3 Å². The molecule has 0 radical (unpaired) electrons. The molecule has 1 heterocycles. The van der Waals surface area contributed by atoms with Crippen LogP contribution in [-0.4, -0.2) is 26.2 Å². The van der Waals surface area contributed by atoms with Gasteiger partial charge in [0, 0.05) is 6.61 Å². The first-order chi connectivity index (χ1) is 5.67. The molecule has 1 atom stereocenters. The van der Waals surface area contributed by atoms with Crippen molar-refractivity contribution in [3.8, 4) is 0 Å². The predicted octanol–water partition coefficient (Wildman–Crippen LogP) is 1.11. The summed E-state index contributed by atoms with van der Waals surface area (Å²) in [7, 11) is -3.00. The number of sulfone groups is 1. The Kier molecular flexibility index (Phi) is 3.29. The zero-order valence-electron chi connectivity index (χ0n) is 7.19. The van der Waals surface area contributed by atoms with Gasteiger partial charge in [-0.2, -0.15) is 0 Å². The van der Waals surface area contributed by atoms with E-state index in [1.54, 1.807) is 12.2 Å². The molecule has 1 aliphatic rings. The maximum absolute atomic E-state index is 11.2. The third-order valence-electron chi connectivity index (χ3n) is 1.76. The average Bonchev–Trinajstić information content (AvgIpc) is 2.32. The topological polar surface area (TPSA) is 43.4 Å². The van der Waals surface area contributed by atoms with E-state index < -0.39 is 15.3 Å². The van der Waals surface area contributed by atoms with Gasteiger partial charge < -0.3 is 4.74 Å². The smallest absolute Gasteiger partial charge is 0.184 e. The summed E-state index contributed by atoms with van der Waals surface area (Å²) in [5.41, 5.74) is -0.677. The molecule has 1 aliphatic heterocycles. The monoisotopic (exact) mass is 190 g/mol.